The van der Waals surface area contributed by atoms with Gasteiger partial charge in [-0.3, -0.25) is 4.57 Å². The maximum Gasteiger partial charge on any atom is 0.344 e. The Labute approximate surface area is 158 Å². The number of hydrogen-bond donors (Lipinski definition) is 1. The van der Waals surface area contributed by atoms with Crippen LogP contribution < -0.4 is 16.1 Å². The molecule has 0 spiro atoms. The molecule has 1 aromatic carbocycles. The van der Waals surface area contributed by atoms with Crippen molar-refractivity contribution in [2.45, 2.75) is 36.4 Å². The summed E-state index contributed by atoms with van der Waals surface area (Å²) in [6.45, 7) is 1.21. The fourth-order valence-corrected chi connectivity index (χ4v) is 4.11. The molecule has 1 saturated heterocycles. The normalized spacial score (nSPS) is 16.9. The molecule has 1 N–H and O–H groups in total. The Hall–Kier alpha value is -2.52. The van der Waals surface area contributed by atoms with Gasteiger partial charge in [0.1, 0.15) is 11.3 Å². The average Bonchev–Trinajstić information content (AvgIpc) is 3.30. The van der Waals surface area contributed by atoms with Gasteiger partial charge in [-0.2, -0.15) is 0 Å². The Bertz CT molecular complexity index is 1060. The zero-order valence-electron chi connectivity index (χ0n) is 14.8. The van der Waals surface area contributed by atoms with Crippen LogP contribution in [0.2, 0.25) is 0 Å². The van der Waals surface area contributed by atoms with Gasteiger partial charge in [0.25, 0.3) is 0 Å². The topological polar surface area (TPSA) is 99.4 Å². The van der Waals surface area contributed by atoms with Crippen LogP contribution in [0.15, 0.2) is 43.4 Å². The standard InChI is InChI=1S/C18H19N3O5S/c1-24-12-4-5-14-11(7-16(22)26-15(14)8-12)10-27-18-20-19-17(23)21(18)9-13-3-2-6-25-13/h4-5,7-8,13H,2-3,6,9-10H2,1H3,(H,19,23)/t13-/m1/s1. The first-order chi connectivity index (χ1) is 13.1. The Kier molecular flexibility index (Phi) is 5.04. The molecule has 3 aromatic rings. The second kappa shape index (κ2) is 7.61. The van der Waals surface area contributed by atoms with E-state index in [0.717, 1.165) is 30.4 Å². The Balaban J connectivity index is 1.59. The molecule has 0 amide bonds. The summed E-state index contributed by atoms with van der Waals surface area (Å²) in [5.41, 5.74) is 0.601. The number of benzene rings is 1. The van der Waals surface area contributed by atoms with Crippen LogP contribution in [0.5, 0.6) is 5.75 Å². The van der Waals surface area contributed by atoms with Crippen molar-refractivity contribution in [2.75, 3.05) is 13.7 Å². The first-order valence-corrected chi connectivity index (χ1v) is 9.63. The number of thioether (sulfide) groups is 1. The molecule has 0 bridgehead atoms. The number of ether oxygens (including phenoxy) is 2. The van der Waals surface area contributed by atoms with Gasteiger partial charge in [0.2, 0.25) is 0 Å². The van der Waals surface area contributed by atoms with Crippen LogP contribution in [0.1, 0.15) is 18.4 Å². The minimum absolute atomic E-state index is 0.0386. The van der Waals surface area contributed by atoms with Gasteiger partial charge in [-0.05, 0) is 30.5 Å². The molecular formula is C18H19N3O5S. The SMILES string of the molecule is COc1ccc2c(CSc3n[nH]c(=O)n3C[C@H]3CCCO3)cc(=O)oc2c1. The fraction of sp³-hybridized carbons (Fsp3) is 0.389. The fourth-order valence-electron chi connectivity index (χ4n) is 3.17. The summed E-state index contributed by atoms with van der Waals surface area (Å²) in [5, 5.41) is 8.01. The molecule has 142 valence electrons. The summed E-state index contributed by atoms with van der Waals surface area (Å²) < 4.78 is 17.7. The van der Waals surface area contributed by atoms with Gasteiger partial charge < -0.3 is 13.9 Å². The number of aromatic nitrogens is 3. The van der Waals surface area contributed by atoms with Crippen molar-refractivity contribution in [1.29, 1.82) is 0 Å². The summed E-state index contributed by atoms with van der Waals surface area (Å²) in [4.78, 5) is 24.0. The Morgan fingerprint density at radius 1 is 1.37 bits per heavy atom. The number of H-pyrrole nitrogens is 1. The summed E-state index contributed by atoms with van der Waals surface area (Å²) >= 11 is 1.39. The zero-order chi connectivity index (χ0) is 18.8. The molecule has 0 saturated carbocycles. The Morgan fingerprint density at radius 3 is 3.04 bits per heavy atom. The molecule has 0 unspecified atom stereocenters. The smallest absolute Gasteiger partial charge is 0.344 e. The number of hydrogen-bond acceptors (Lipinski definition) is 7. The van der Waals surface area contributed by atoms with Gasteiger partial charge in [0, 0.05) is 29.9 Å². The summed E-state index contributed by atoms with van der Waals surface area (Å²) in [5.74, 6) is 1.10. The zero-order valence-corrected chi connectivity index (χ0v) is 15.6. The van der Waals surface area contributed by atoms with Gasteiger partial charge >= 0.3 is 11.3 Å². The Morgan fingerprint density at radius 2 is 2.26 bits per heavy atom. The highest BCUT2D eigenvalue weighted by molar-refractivity contribution is 7.98. The van der Waals surface area contributed by atoms with E-state index in [1.54, 1.807) is 17.7 Å². The number of fused-ring (bicyclic) bond motifs is 1. The van der Waals surface area contributed by atoms with Crippen molar-refractivity contribution < 1.29 is 13.9 Å². The summed E-state index contributed by atoms with van der Waals surface area (Å²) in [7, 11) is 1.56. The monoisotopic (exact) mass is 389 g/mol. The van der Waals surface area contributed by atoms with Crippen LogP contribution in [-0.2, 0) is 17.0 Å². The predicted molar refractivity (Wildman–Crippen MR) is 100 cm³/mol. The molecule has 8 nitrogen and oxygen atoms in total. The molecular weight excluding hydrogens is 370 g/mol. The number of nitrogens with zero attached hydrogens (tertiary/aromatic N) is 2. The number of aromatic amines is 1. The third-order valence-corrected chi connectivity index (χ3v) is 5.55. The minimum Gasteiger partial charge on any atom is -0.497 e. The third-order valence-electron chi connectivity index (χ3n) is 4.53. The highest BCUT2D eigenvalue weighted by atomic mass is 32.2. The maximum absolute atomic E-state index is 12.1. The van der Waals surface area contributed by atoms with E-state index in [1.165, 1.54) is 17.8 Å². The quantitative estimate of drug-likeness (QED) is 0.509. The van der Waals surface area contributed by atoms with E-state index in [4.69, 9.17) is 13.9 Å². The van der Waals surface area contributed by atoms with Crippen molar-refractivity contribution in [2.24, 2.45) is 0 Å². The van der Waals surface area contributed by atoms with Crippen LogP contribution in [0, 0.1) is 0 Å². The van der Waals surface area contributed by atoms with E-state index in [-0.39, 0.29) is 11.8 Å². The van der Waals surface area contributed by atoms with Crippen molar-refractivity contribution in [3.8, 4) is 5.75 Å². The summed E-state index contributed by atoms with van der Waals surface area (Å²) in [6, 6.07) is 6.83. The molecule has 1 aliphatic rings. The van der Waals surface area contributed by atoms with E-state index in [2.05, 4.69) is 10.2 Å². The number of rotatable bonds is 6. The van der Waals surface area contributed by atoms with Crippen LogP contribution >= 0.6 is 11.8 Å². The maximum atomic E-state index is 12.1. The van der Waals surface area contributed by atoms with Crippen LogP contribution in [0.4, 0.5) is 0 Å². The van der Waals surface area contributed by atoms with E-state index < -0.39 is 5.63 Å². The molecule has 0 aliphatic carbocycles. The molecule has 4 rings (SSSR count). The minimum atomic E-state index is -0.426. The number of methoxy groups -OCH3 is 1. The molecule has 2 aromatic heterocycles. The number of nitrogens with one attached hydrogen (secondary N) is 1. The van der Waals surface area contributed by atoms with Crippen molar-refractivity contribution in [3.05, 3.63) is 50.7 Å². The predicted octanol–water partition coefficient (Wildman–Crippen LogP) is 2.16. The molecule has 0 radical (unpaired) electrons. The van der Waals surface area contributed by atoms with Gasteiger partial charge in [-0.15, -0.1) is 5.10 Å². The molecule has 9 heteroatoms. The highest BCUT2D eigenvalue weighted by Crippen LogP contribution is 2.27. The lowest BCUT2D eigenvalue weighted by Crippen LogP contribution is -2.24. The first-order valence-electron chi connectivity index (χ1n) is 8.64. The lowest BCUT2D eigenvalue weighted by molar-refractivity contribution is 0.0941. The molecule has 27 heavy (non-hydrogen) atoms. The first kappa shape index (κ1) is 17.9. The molecule has 1 fully saturated rings. The van der Waals surface area contributed by atoms with Crippen LogP contribution in [0.3, 0.4) is 0 Å². The van der Waals surface area contributed by atoms with Gasteiger partial charge in [-0.1, -0.05) is 11.8 Å². The van der Waals surface area contributed by atoms with Crippen LogP contribution in [0.25, 0.3) is 11.0 Å². The summed E-state index contributed by atoms with van der Waals surface area (Å²) in [6.07, 6.45) is 1.99. The lowest BCUT2D eigenvalue weighted by atomic mass is 10.1. The lowest BCUT2D eigenvalue weighted by Gasteiger charge is -2.11. The molecule has 1 aliphatic heterocycles. The van der Waals surface area contributed by atoms with E-state index in [9.17, 15) is 9.59 Å². The second-order valence-corrected chi connectivity index (χ2v) is 7.24. The largest absolute Gasteiger partial charge is 0.497 e. The third kappa shape index (κ3) is 3.79. The second-order valence-electron chi connectivity index (χ2n) is 6.30. The average molecular weight is 389 g/mol. The molecule has 3 heterocycles. The van der Waals surface area contributed by atoms with Crippen molar-refractivity contribution in [1.82, 2.24) is 14.8 Å². The van der Waals surface area contributed by atoms with Crippen LogP contribution in [-0.4, -0.2) is 34.6 Å². The van der Waals surface area contributed by atoms with Gasteiger partial charge in [-0.25, -0.2) is 14.7 Å². The van der Waals surface area contributed by atoms with Crippen molar-refractivity contribution >= 4 is 22.7 Å². The van der Waals surface area contributed by atoms with Gasteiger partial charge in [0.15, 0.2) is 5.16 Å². The van der Waals surface area contributed by atoms with E-state index >= 15 is 0 Å². The van der Waals surface area contributed by atoms with E-state index in [0.29, 0.717) is 28.8 Å². The van der Waals surface area contributed by atoms with Gasteiger partial charge in [0.05, 0.1) is 19.8 Å². The van der Waals surface area contributed by atoms with E-state index in [1.807, 2.05) is 12.1 Å². The molecule has 1 atom stereocenters. The highest BCUT2D eigenvalue weighted by Gasteiger charge is 2.20. The van der Waals surface area contributed by atoms with Crippen molar-refractivity contribution in [3.63, 3.8) is 0 Å².